The zero-order chi connectivity index (χ0) is 26.7. The molecule has 38 heavy (non-hydrogen) atoms. The lowest BCUT2D eigenvalue weighted by atomic mass is 9.78. The standard InChI is InChI=1S/C35H40F2O/c1-3-5-25-38-33-24-23-32(34(36)35(33)37)31-21-15-28(16-22-31)10-7-6-9-27-13-19-30(20-14-27)29-17-11-26(8-4-2)12-18-29/h3,7,10-14,17-20,23-24,28,31H,1,4-6,8-9,15-16,21-22,25H2,2H3. The van der Waals surface area contributed by atoms with Crippen LogP contribution >= 0.6 is 0 Å². The van der Waals surface area contributed by atoms with Gasteiger partial charge in [0.05, 0.1) is 6.61 Å². The average molecular weight is 515 g/mol. The molecule has 0 saturated heterocycles. The van der Waals surface area contributed by atoms with Gasteiger partial charge in [-0.1, -0.05) is 86.2 Å². The van der Waals surface area contributed by atoms with Crippen LogP contribution in [-0.2, 0) is 12.8 Å². The molecule has 3 heteroatoms. The fraction of sp³-hybridized carbons (Fsp3) is 0.371. The Hall–Kier alpha value is -3.20. The van der Waals surface area contributed by atoms with Crippen LogP contribution in [-0.4, -0.2) is 6.61 Å². The first kappa shape index (κ1) is 27.8. The van der Waals surface area contributed by atoms with Crippen molar-refractivity contribution in [2.45, 2.75) is 70.6 Å². The number of benzene rings is 3. The molecule has 0 amide bonds. The summed E-state index contributed by atoms with van der Waals surface area (Å²) in [4.78, 5) is 0. The lowest BCUT2D eigenvalue weighted by molar-refractivity contribution is 0.298. The van der Waals surface area contributed by atoms with Crippen molar-refractivity contribution in [3.63, 3.8) is 0 Å². The SMILES string of the molecule is C=CCCOc1ccc(C2CCC(C=CCCc3ccc(-c4ccc(CCC)cc4)cc3)CC2)c(F)c1F. The number of hydrogen-bond acceptors (Lipinski definition) is 1. The molecule has 0 N–H and O–H groups in total. The van der Waals surface area contributed by atoms with Gasteiger partial charge in [-0.2, -0.15) is 4.39 Å². The first-order chi connectivity index (χ1) is 18.6. The Morgan fingerprint density at radius 2 is 1.42 bits per heavy atom. The first-order valence-corrected chi connectivity index (χ1v) is 14.2. The van der Waals surface area contributed by atoms with E-state index < -0.39 is 11.6 Å². The third-order valence-electron chi connectivity index (χ3n) is 7.66. The maximum absolute atomic E-state index is 14.7. The van der Waals surface area contributed by atoms with E-state index in [0.717, 1.165) is 44.9 Å². The summed E-state index contributed by atoms with van der Waals surface area (Å²) in [5.41, 5.74) is 5.76. The monoisotopic (exact) mass is 514 g/mol. The maximum Gasteiger partial charge on any atom is 0.200 e. The Balaban J connectivity index is 1.22. The van der Waals surface area contributed by atoms with E-state index in [4.69, 9.17) is 4.74 Å². The third kappa shape index (κ3) is 7.43. The van der Waals surface area contributed by atoms with Crippen LogP contribution in [0.1, 0.15) is 74.5 Å². The van der Waals surface area contributed by atoms with Crippen LogP contribution in [0.3, 0.4) is 0 Å². The number of aryl methyl sites for hydroxylation is 2. The van der Waals surface area contributed by atoms with Crippen molar-refractivity contribution in [3.8, 4) is 16.9 Å². The number of rotatable bonds is 12. The summed E-state index contributed by atoms with van der Waals surface area (Å²) in [7, 11) is 0. The molecule has 3 aromatic carbocycles. The zero-order valence-electron chi connectivity index (χ0n) is 22.6. The second-order valence-corrected chi connectivity index (χ2v) is 10.4. The van der Waals surface area contributed by atoms with Crippen molar-refractivity contribution in [1.29, 1.82) is 0 Å². The van der Waals surface area contributed by atoms with Gasteiger partial charge in [-0.3, -0.25) is 0 Å². The van der Waals surface area contributed by atoms with E-state index in [1.54, 1.807) is 18.2 Å². The van der Waals surface area contributed by atoms with Crippen LogP contribution in [0.4, 0.5) is 8.78 Å². The molecule has 0 radical (unpaired) electrons. The van der Waals surface area contributed by atoms with Crippen LogP contribution < -0.4 is 4.74 Å². The van der Waals surface area contributed by atoms with Crippen LogP contribution in [0.15, 0.2) is 85.5 Å². The normalized spacial score (nSPS) is 17.6. The Morgan fingerprint density at radius 1 is 0.789 bits per heavy atom. The maximum atomic E-state index is 14.7. The van der Waals surface area contributed by atoms with Gasteiger partial charge >= 0.3 is 0 Å². The molecular formula is C35H40F2O. The largest absolute Gasteiger partial charge is 0.490 e. The van der Waals surface area contributed by atoms with Crippen molar-refractivity contribution in [2.24, 2.45) is 5.92 Å². The van der Waals surface area contributed by atoms with Crippen LogP contribution in [0.25, 0.3) is 11.1 Å². The highest BCUT2D eigenvalue weighted by Crippen LogP contribution is 2.39. The van der Waals surface area contributed by atoms with Crippen LogP contribution in [0.5, 0.6) is 5.75 Å². The lowest BCUT2D eigenvalue weighted by Crippen LogP contribution is -2.14. The highest BCUT2D eigenvalue weighted by Gasteiger charge is 2.25. The molecule has 4 rings (SSSR count). The predicted octanol–water partition coefficient (Wildman–Crippen LogP) is 10.0. The minimum atomic E-state index is -0.869. The summed E-state index contributed by atoms with van der Waals surface area (Å²) in [5.74, 6) is -1.05. The van der Waals surface area contributed by atoms with Crippen molar-refractivity contribution in [2.75, 3.05) is 6.61 Å². The molecule has 0 aromatic heterocycles. The molecule has 0 heterocycles. The Kier molecular flexibility index (Phi) is 10.3. The van der Waals surface area contributed by atoms with Gasteiger partial charge in [0.25, 0.3) is 0 Å². The summed E-state index contributed by atoms with van der Waals surface area (Å²) >= 11 is 0. The summed E-state index contributed by atoms with van der Waals surface area (Å²) < 4.78 is 34.6. The molecule has 200 valence electrons. The highest BCUT2D eigenvalue weighted by molar-refractivity contribution is 5.64. The first-order valence-electron chi connectivity index (χ1n) is 14.2. The van der Waals surface area contributed by atoms with E-state index in [0.29, 0.717) is 24.5 Å². The third-order valence-corrected chi connectivity index (χ3v) is 7.66. The van der Waals surface area contributed by atoms with Crippen molar-refractivity contribution in [1.82, 2.24) is 0 Å². The molecule has 0 bridgehead atoms. The molecule has 1 aliphatic rings. The molecule has 1 nitrogen and oxygen atoms in total. The molecular weight excluding hydrogens is 474 g/mol. The Bertz CT molecular complexity index is 1190. The van der Waals surface area contributed by atoms with Gasteiger partial charge in [0.15, 0.2) is 11.6 Å². The molecule has 1 fully saturated rings. The second kappa shape index (κ2) is 14.1. The summed E-state index contributed by atoms with van der Waals surface area (Å²) in [6.07, 6.45) is 15.0. The predicted molar refractivity (Wildman–Crippen MR) is 155 cm³/mol. The number of hydrogen-bond donors (Lipinski definition) is 0. The van der Waals surface area contributed by atoms with Gasteiger partial charge in [-0.15, -0.1) is 6.58 Å². The molecule has 3 aromatic rings. The minimum absolute atomic E-state index is 0.0135. The van der Waals surface area contributed by atoms with Gasteiger partial charge in [-0.25, -0.2) is 4.39 Å². The molecule has 1 aliphatic carbocycles. The van der Waals surface area contributed by atoms with E-state index in [-0.39, 0.29) is 11.7 Å². The quantitative estimate of drug-likeness (QED) is 0.173. The Labute approximate surface area is 227 Å². The molecule has 0 spiro atoms. The second-order valence-electron chi connectivity index (χ2n) is 10.4. The average Bonchev–Trinajstić information content (AvgIpc) is 2.95. The molecule has 0 atom stereocenters. The minimum Gasteiger partial charge on any atom is -0.490 e. The fourth-order valence-electron chi connectivity index (χ4n) is 5.40. The lowest BCUT2D eigenvalue weighted by Gasteiger charge is -2.27. The van der Waals surface area contributed by atoms with Gasteiger partial charge in [0.2, 0.25) is 5.82 Å². The van der Waals surface area contributed by atoms with Crippen LogP contribution in [0.2, 0.25) is 0 Å². The molecule has 0 unspecified atom stereocenters. The van der Waals surface area contributed by atoms with Crippen molar-refractivity contribution < 1.29 is 13.5 Å². The summed E-state index contributed by atoms with van der Waals surface area (Å²) in [5, 5.41) is 0. The van der Waals surface area contributed by atoms with E-state index >= 15 is 0 Å². The number of allylic oxidation sites excluding steroid dienone is 2. The molecule has 1 saturated carbocycles. The molecule has 0 aliphatic heterocycles. The van der Waals surface area contributed by atoms with Gasteiger partial charge in [-0.05, 0) is 97.1 Å². The number of halogens is 2. The fourth-order valence-corrected chi connectivity index (χ4v) is 5.40. The highest BCUT2D eigenvalue weighted by atomic mass is 19.2. The zero-order valence-corrected chi connectivity index (χ0v) is 22.6. The van der Waals surface area contributed by atoms with Crippen LogP contribution in [0, 0.1) is 17.6 Å². The van der Waals surface area contributed by atoms with Gasteiger partial charge in [0.1, 0.15) is 0 Å². The smallest absolute Gasteiger partial charge is 0.200 e. The summed E-state index contributed by atoms with van der Waals surface area (Å²) in [6, 6.07) is 21.1. The van der Waals surface area contributed by atoms with Crippen molar-refractivity contribution >= 4 is 0 Å². The number of ether oxygens (including phenoxy) is 1. The van der Waals surface area contributed by atoms with E-state index in [2.05, 4.69) is 74.2 Å². The summed E-state index contributed by atoms with van der Waals surface area (Å²) in [6.45, 7) is 6.13. The Morgan fingerprint density at radius 3 is 2.03 bits per heavy atom. The van der Waals surface area contributed by atoms with Gasteiger partial charge in [0, 0.05) is 0 Å². The van der Waals surface area contributed by atoms with E-state index in [9.17, 15) is 8.78 Å². The van der Waals surface area contributed by atoms with Gasteiger partial charge < -0.3 is 4.74 Å². The van der Waals surface area contributed by atoms with E-state index in [1.165, 1.54) is 28.7 Å². The van der Waals surface area contributed by atoms with Crippen molar-refractivity contribution in [3.05, 3.63) is 114 Å². The topological polar surface area (TPSA) is 9.23 Å². The van der Waals surface area contributed by atoms with E-state index in [1.807, 2.05) is 0 Å².